The number of halogens is 1. The van der Waals surface area contributed by atoms with Crippen LogP contribution in [0.3, 0.4) is 0 Å². The van der Waals surface area contributed by atoms with Gasteiger partial charge in [-0.25, -0.2) is 9.59 Å². The highest BCUT2D eigenvalue weighted by Gasteiger charge is 2.50. The second-order valence-corrected chi connectivity index (χ2v) is 10.4. The molecule has 0 spiro atoms. The number of allylic oxidation sites excluding steroid dienone is 2. The summed E-state index contributed by atoms with van der Waals surface area (Å²) >= 11 is 3.25. The molecule has 0 N–H and O–H groups in total. The third-order valence-corrected chi connectivity index (χ3v) is 6.98. The van der Waals surface area contributed by atoms with Crippen LogP contribution < -0.4 is 9.47 Å². The highest BCUT2D eigenvalue weighted by molar-refractivity contribution is 9.10. The van der Waals surface area contributed by atoms with Crippen molar-refractivity contribution >= 4 is 35.0 Å². The van der Waals surface area contributed by atoms with Gasteiger partial charge in [-0.1, -0.05) is 12.2 Å². The Bertz CT molecular complexity index is 1150. The summed E-state index contributed by atoms with van der Waals surface area (Å²) < 4.78 is 31.4. The number of benzene rings is 2. The number of carbonyl (C=O) groups excluding carboxylic acids is 2. The van der Waals surface area contributed by atoms with Crippen molar-refractivity contribution in [2.45, 2.75) is 51.6 Å². The van der Waals surface area contributed by atoms with Crippen molar-refractivity contribution in [2.24, 2.45) is 0 Å². The summed E-state index contributed by atoms with van der Waals surface area (Å²) in [6, 6.07) is 10.3. The third kappa shape index (κ3) is 9.84. The van der Waals surface area contributed by atoms with Crippen LogP contribution in [0.2, 0.25) is 6.32 Å². The molecule has 0 unspecified atom stereocenters. The first-order chi connectivity index (χ1) is 18.8. The number of rotatable bonds is 8. The Kier molecular flexibility index (Phi) is 14.2. The SMILES string of the molecule is C=CCB1OC(C)(C)C(C)(C)O1.C=CCc1cc(OC)ccc1C(=O)OC.COC(=O)c1ccc(OC)cc1Br. The molecule has 0 aromatic heterocycles. The fraction of sp³-hybridized carbons (Fsp3) is 0.400. The quantitative estimate of drug-likeness (QED) is 0.183. The maximum absolute atomic E-state index is 11.4. The largest absolute Gasteiger partial charge is 0.497 e. The summed E-state index contributed by atoms with van der Waals surface area (Å²) in [7, 11) is 5.75. The molecule has 0 radical (unpaired) electrons. The number of methoxy groups -OCH3 is 4. The first-order valence-electron chi connectivity index (χ1n) is 12.5. The molecule has 0 amide bonds. The van der Waals surface area contributed by atoms with Gasteiger partial charge in [-0.3, -0.25) is 0 Å². The predicted molar refractivity (Wildman–Crippen MR) is 161 cm³/mol. The molecule has 218 valence electrons. The molecule has 0 aliphatic carbocycles. The molecule has 1 aliphatic rings. The van der Waals surface area contributed by atoms with E-state index in [4.69, 9.17) is 18.8 Å². The zero-order chi connectivity index (χ0) is 30.5. The van der Waals surface area contributed by atoms with Crippen LogP contribution in [-0.2, 0) is 25.2 Å². The second kappa shape index (κ2) is 16.3. The van der Waals surface area contributed by atoms with E-state index >= 15 is 0 Å². The van der Waals surface area contributed by atoms with E-state index in [9.17, 15) is 9.59 Å². The van der Waals surface area contributed by atoms with Gasteiger partial charge in [-0.2, -0.15) is 0 Å². The molecule has 1 saturated heterocycles. The van der Waals surface area contributed by atoms with Crippen LogP contribution in [0.5, 0.6) is 11.5 Å². The van der Waals surface area contributed by atoms with Gasteiger partial charge in [-0.15, -0.1) is 13.2 Å². The Labute approximate surface area is 246 Å². The fourth-order valence-corrected chi connectivity index (χ4v) is 3.95. The summed E-state index contributed by atoms with van der Waals surface area (Å²) in [6.07, 6.45) is 4.93. The lowest BCUT2D eigenvalue weighted by Crippen LogP contribution is -2.41. The molecule has 8 nitrogen and oxygen atoms in total. The molecule has 40 heavy (non-hydrogen) atoms. The molecule has 0 atom stereocenters. The lowest BCUT2D eigenvalue weighted by molar-refractivity contribution is 0.00578. The van der Waals surface area contributed by atoms with Gasteiger partial charge in [0.1, 0.15) is 11.5 Å². The lowest BCUT2D eigenvalue weighted by Gasteiger charge is -2.32. The third-order valence-electron chi connectivity index (χ3n) is 6.32. The fourth-order valence-electron chi connectivity index (χ4n) is 3.43. The highest BCUT2D eigenvalue weighted by Crippen LogP contribution is 2.37. The van der Waals surface area contributed by atoms with E-state index in [1.807, 2.05) is 12.1 Å². The van der Waals surface area contributed by atoms with Crippen molar-refractivity contribution in [3.8, 4) is 11.5 Å². The standard InChI is InChI=1S/C12H14O3.C9H17BO2.C9H9BrO3/c1-4-5-9-8-10(14-2)6-7-11(9)12(13)15-3;1-6-7-10-11-8(2,3)9(4,5)12-10;1-12-6-3-4-7(8(10)5-6)9(11)13-2/h4,6-8H,1,5H2,2-3H3;6H,1,7H2,2-5H3;3-5H,1-2H3. The van der Waals surface area contributed by atoms with Crippen LogP contribution in [0.15, 0.2) is 66.2 Å². The van der Waals surface area contributed by atoms with Gasteiger partial charge < -0.3 is 28.3 Å². The van der Waals surface area contributed by atoms with E-state index in [-0.39, 0.29) is 30.3 Å². The molecule has 0 bridgehead atoms. The van der Waals surface area contributed by atoms with E-state index in [0.717, 1.165) is 17.6 Å². The van der Waals surface area contributed by atoms with E-state index < -0.39 is 0 Å². The topological polar surface area (TPSA) is 89.5 Å². The zero-order valence-corrected chi connectivity index (χ0v) is 26.3. The van der Waals surface area contributed by atoms with Gasteiger partial charge in [-0.05, 0) is 92.0 Å². The maximum atomic E-state index is 11.4. The smallest absolute Gasteiger partial charge is 0.461 e. The number of hydrogen-bond donors (Lipinski definition) is 0. The van der Waals surface area contributed by atoms with Crippen LogP contribution in [0.25, 0.3) is 0 Å². The number of ether oxygens (including phenoxy) is 4. The van der Waals surface area contributed by atoms with Crippen molar-refractivity contribution < 1.29 is 37.8 Å². The van der Waals surface area contributed by atoms with Crippen molar-refractivity contribution in [3.05, 3.63) is 82.9 Å². The zero-order valence-electron chi connectivity index (χ0n) is 24.7. The summed E-state index contributed by atoms with van der Waals surface area (Å²) in [5, 5.41) is 0. The molecule has 1 heterocycles. The summed E-state index contributed by atoms with van der Waals surface area (Å²) in [6.45, 7) is 15.5. The monoisotopic (exact) mass is 618 g/mol. The average Bonchev–Trinajstić information content (AvgIpc) is 3.13. The van der Waals surface area contributed by atoms with Crippen LogP contribution in [0, 0.1) is 0 Å². The molecule has 2 aromatic carbocycles. The van der Waals surface area contributed by atoms with E-state index in [1.165, 1.54) is 14.2 Å². The molecular formula is C30H40BBrO8. The number of esters is 2. The molecule has 10 heteroatoms. The van der Waals surface area contributed by atoms with E-state index in [0.29, 0.717) is 27.8 Å². The minimum Gasteiger partial charge on any atom is -0.497 e. The van der Waals surface area contributed by atoms with Gasteiger partial charge >= 0.3 is 19.1 Å². The molecule has 1 aliphatic heterocycles. The molecule has 2 aromatic rings. The van der Waals surface area contributed by atoms with Gasteiger partial charge in [0.05, 0.1) is 50.8 Å². The number of hydrogen-bond acceptors (Lipinski definition) is 8. The Morgan fingerprint density at radius 1 is 0.825 bits per heavy atom. The minimum atomic E-state index is -0.366. The van der Waals surface area contributed by atoms with Crippen molar-refractivity contribution in [1.29, 1.82) is 0 Å². The predicted octanol–water partition coefficient (Wildman–Crippen LogP) is 6.72. The van der Waals surface area contributed by atoms with Gasteiger partial charge in [0.25, 0.3) is 0 Å². The van der Waals surface area contributed by atoms with Crippen molar-refractivity contribution in [1.82, 2.24) is 0 Å². The molecular weight excluding hydrogens is 579 g/mol. The van der Waals surface area contributed by atoms with Gasteiger partial charge in [0.2, 0.25) is 0 Å². The normalized spacial score (nSPS) is 14.4. The number of carbonyl (C=O) groups is 2. The second-order valence-electron chi connectivity index (χ2n) is 9.56. The summed E-state index contributed by atoms with van der Waals surface area (Å²) in [5.41, 5.74) is 1.49. The van der Waals surface area contributed by atoms with E-state index in [2.05, 4.69) is 66.3 Å². The molecule has 0 saturated carbocycles. The molecule has 3 rings (SSSR count). The first kappa shape index (κ1) is 35.0. The first-order valence-corrected chi connectivity index (χ1v) is 13.3. The lowest BCUT2D eigenvalue weighted by atomic mass is 9.85. The Balaban J connectivity index is 0.000000302. The van der Waals surface area contributed by atoms with Gasteiger partial charge in [0.15, 0.2) is 0 Å². The van der Waals surface area contributed by atoms with Crippen LogP contribution >= 0.6 is 15.9 Å². The Morgan fingerprint density at radius 2 is 1.30 bits per heavy atom. The van der Waals surface area contributed by atoms with Crippen LogP contribution in [0.1, 0.15) is 54.0 Å². The average molecular weight is 619 g/mol. The van der Waals surface area contributed by atoms with Gasteiger partial charge in [0, 0.05) is 10.8 Å². The van der Waals surface area contributed by atoms with Crippen molar-refractivity contribution in [3.63, 3.8) is 0 Å². The Hall–Kier alpha value is -3.08. The van der Waals surface area contributed by atoms with Crippen LogP contribution in [0.4, 0.5) is 0 Å². The Morgan fingerprint density at radius 3 is 1.73 bits per heavy atom. The van der Waals surface area contributed by atoms with E-state index in [1.54, 1.807) is 50.6 Å². The highest BCUT2D eigenvalue weighted by atomic mass is 79.9. The molecule has 1 fully saturated rings. The summed E-state index contributed by atoms with van der Waals surface area (Å²) in [4.78, 5) is 22.6. The maximum Gasteiger partial charge on any atom is 0.461 e. The van der Waals surface area contributed by atoms with Crippen molar-refractivity contribution in [2.75, 3.05) is 28.4 Å². The summed E-state index contributed by atoms with van der Waals surface area (Å²) in [5.74, 6) is 0.711. The minimum absolute atomic E-state index is 0.118. The van der Waals surface area contributed by atoms with Crippen LogP contribution in [-0.4, -0.2) is 58.7 Å².